The van der Waals surface area contributed by atoms with E-state index in [4.69, 9.17) is 4.74 Å². The fourth-order valence-corrected chi connectivity index (χ4v) is 2.36. The molecule has 0 N–H and O–H groups in total. The van der Waals surface area contributed by atoms with Gasteiger partial charge in [-0.2, -0.15) is 0 Å². The summed E-state index contributed by atoms with van der Waals surface area (Å²) in [4.78, 5) is 13.4. The van der Waals surface area contributed by atoms with Crippen molar-refractivity contribution in [3.8, 4) is 0 Å². The number of esters is 1. The molecule has 0 aromatic rings. The van der Waals surface area contributed by atoms with Crippen LogP contribution in [0.1, 0.15) is 39.0 Å². The molecule has 1 aliphatic carbocycles. The Morgan fingerprint density at radius 1 is 1.40 bits per heavy atom. The van der Waals surface area contributed by atoms with Crippen molar-refractivity contribution in [2.24, 2.45) is 5.92 Å². The van der Waals surface area contributed by atoms with Crippen LogP contribution in [0.4, 0.5) is 0 Å². The average molecular weight is 213 g/mol. The molecule has 0 atom stereocenters. The third-order valence-electron chi connectivity index (χ3n) is 3.11. The standard InChI is InChI=1S/C12H23NO2/c1-3-8-13(10-12(14)15-2)9-11-6-4-5-7-11/h11H,3-10H2,1-2H3. The lowest BCUT2D eigenvalue weighted by Gasteiger charge is -2.23. The van der Waals surface area contributed by atoms with Gasteiger partial charge < -0.3 is 4.74 Å². The van der Waals surface area contributed by atoms with Crippen LogP contribution >= 0.6 is 0 Å². The Bertz CT molecular complexity index is 188. The predicted molar refractivity (Wildman–Crippen MR) is 60.7 cm³/mol. The Morgan fingerprint density at radius 3 is 2.60 bits per heavy atom. The third-order valence-corrected chi connectivity index (χ3v) is 3.11. The molecule has 0 heterocycles. The molecule has 0 amide bonds. The van der Waals surface area contributed by atoms with E-state index >= 15 is 0 Å². The Labute approximate surface area is 92.8 Å². The molecule has 1 rings (SSSR count). The molecule has 0 aromatic heterocycles. The van der Waals surface area contributed by atoms with Gasteiger partial charge in [-0.15, -0.1) is 0 Å². The summed E-state index contributed by atoms with van der Waals surface area (Å²) < 4.78 is 4.71. The van der Waals surface area contributed by atoms with Crippen LogP contribution in [0.5, 0.6) is 0 Å². The molecular formula is C12H23NO2. The average Bonchev–Trinajstić information content (AvgIpc) is 2.70. The molecule has 1 saturated carbocycles. The second kappa shape index (κ2) is 6.83. The van der Waals surface area contributed by atoms with Crippen molar-refractivity contribution >= 4 is 5.97 Å². The molecule has 1 aliphatic rings. The first-order valence-corrected chi connectivity index (χ1v) is 6.05. The second-order valence-electron chi connectivity index (χ2n) is 4.46. The topological polar surface area (TPSA) is 29.5 Å². The van der Waals surface area contributed by atoms with E-state index in [9.17, 15) is 4.79 Å². The number of methoxy groups -OCH3 is 1. The van der Waals surface area contributed by atoms with Crippen molar-refractivity contribution < 1.29 is 9.53 Å². The maximum Gasteiger partial charge on any atom is 0.319 e. The number of ether oxygens (including phenoxy) is 1. The lowest BCUT2D eigenvalue weighted by atomic mass is 10.1. The van der Waals surface area contributed by atoms with Gasteiger partial charge in [0.2, 0.25) is 0 Å². The summed E-state index contributed by atoms with van der Waals surface area (Å²) in [5, 5.41) is 0. The van der Waals surface area contributed by atoms with Crippen LogP contribution < -0.4 is 0 Å². The van der Waals surface area contributed by atoms with Gasteiger partial charge in [-0.25, -0.2) is 0 Å². The predicted octanol–water partition coefficient (Wildman–Crippen LogP) is 2.06. The Hall–Kier alpha value is -0.570. The molecule has 0 spiro atoms. The minimum atomic E-state index is -0.110. The zero-order chi connectivity index (χ0) is 11.1. The van der Waals surface area contributed by atoms with Crippen LogP contribution in [0, 0.1) is 5.92 Å². The first-order valence-electron chi connectivity index (χ1n) is 6.05. The van der Waals surface area contributed by atoms with Gasteiger partial charge in [0.15, 0.2) is 0 Å². The summed E-state index contributed by atoms with van der Waals surface area (Å²) in [6.45, 7) is 4.69. The summed E-state index contributed by atoms with van der Waals surface area (Å²) in [6, 6.07) is 0. The van der Waals surface area contributed by atoms with Gasteiger partial charge in [0, 0.05) is 6.54 Å². The van der Waals surface area contributed by atoms with E-state index in [1.165, 1.54) is 32.8 Å². The van der Waals surface area contributed by atoms with Crippen LogP contribution in [0.25, 0.3) is 0 Å². The lowest BCUT2D eigenvalue weighted by Crippen LogP contribution is -2.34. The number of carbonyl (C=O) groups is 1. The molecule has 0 aromatic carbocycles. The lowest BCUT2D eigenvalue weighted by molar-refractivity contribution is -0.142. The van der Waals surface area contributed by atoms with Crippen LogP contribution in [0.2, 0.25) is 0 Å². The minimum absolute atomic E-state index is 0.110. The maximum absolute atomic E-state index is 11.2. The molecule has 3 nitrogen and oxygen atoms in total. The summed E-state index contributed by atoms with van der Waals surface area (Å²) in [5.74, 6) is 0.697. The van der Waals surface area contributed by atoms with E-state index in [1.807, 2.05) is 0 Å². The van der Waals surface area contributed by atoms with Crippen LogP contribution in [-0.4, -0.2) is 37.6 Å². The zero-order valence-corrected chi connectivity index (χ0v) is 10.00. The fraction of sp³-hybridized carbons (Fsp3) is 0.917. The summed E-state index contributed by atoms with van der Waals surface area (Å²) in [5.41, 5.74) is 0. The van der Waals surface area contributed by atoms with Gasteiger partial charge in [-0.1, -0.05) is 19.8 Å². The van der Waals surface area contributed by atoms with Gasteiger partial charge in [0.05, 0.1) is 13.7 Å². The van der Waals surface area contributed by atoms with Crippen molar-refractivity contribution in [3.63, 3.8) is 0 Å². The molecule has 0 aliphatic heterocycles. The number of hydrogen-bond acceptors (Lipinski definition) is 3. The van der Waals surface area contributed by atoms with E-state index in [1.54, 1.807) is 0 Å². The maximum atomic E-state index is 11.2. The first-order chi connectivity index (χ1) is 7.26. The first kappa shape index (κ1) is 12.5. The summed E-state index contributed by atoms with van der Waals surface area (Å²) in [7, 11) is 1.46. The molecule has 0 bridgehead atoms. The van der Waals surface area contributed by atoms with Crippen LogP contribution in [-0.2, 0) is 9.53 Å². The van der Waals surface area contributed by atoms with Crippen molar-refractivity contribution in [2.45, 2.75) is 39.0 Å². The summed E-state index contributed by atoms with van der Waals surface area (Å²) >= 11 is 0. The Balaban J connectivity index is 2.31. The van der Waals surface area contributed by atoms with E-state index in [0.29, 0.717) is 6.54 Å². The van der Waals surface area contributed by atoms with Crippen molar-refractivity contribution in [1.82, 2.24) is 4.90 Å². The molecule has 15 heavy (non-hydrogen) atoms. The Morgan fingerprint density at radius 2 is 2.07 bits per heavy atom. The smallest absolute Gasteiger partial charge is 0.319 e. The highest BCUT2D eigenvalue weighted by Gasteiger charge is 2.19. The molecule has 3 heteroatoms. The molecule has 0 radical (unpaired) electrons. The fourth-order valence-electron chi connectivity index (χ4n) is 2.36. The quantitative estimate of drug-likeness (QED) is 0.633. The number of carbonyl (C=O) groups excluding carboxylic acids is 1. The summed E-state index contributed by atoms with van der Waals surface area (Å²) in [6.07, 6.45) is 6.50. The van der Waals surface area contributed by atoms with E-state index in [2.05, 4.69) is 11.8 Å². The minimum Gasteiger partial charge on any atom is -0.468 e. The monoisotopic (exact) mass is 213 g/mol. The molecule has 88 valence electrons. The van der Waals surface area contributed by atoms with Crippen molar-refractivity contribution in [1.29, 1.82) is 0 Å². The van der Waals surface area contributed by atoms with Gasteiger partial charge in [-0.3, -0.25) is 9.69 Å². The molecular weight excluding hydrogens is 190 g/mol. The second-order valence-corrected chi connectivity index (χ2v) is 4.46. The molecule has 0 unspecified atom stereocenters. The highest BCUT2D eigenvalue weighted by atomic mass is 16.5. The molecule has 0 saturated heterocycles. The molecule has 1 fully saturated rings. The number of hydrogen-bond donors (Lipinski definition) is 0. The van der Waals surface area contributed by atoms with E-state index < -0.39 is 0 Å². The van der Waals surface area contributed by atoms with Gasteiger partial charge in [0.25, 0.3) is 0 Å². The van der Waals surface area contributed by atoms with Crippen LogP contribution in [0.15, 0.2) is 0 Å². The van der Waals surface area contributed by atoms with Crippen molar-refractivity contribution in [2.75, 3.05) is 26.7 Å². The van der Waals surface area contributed by atoms with Crippen LogP contribution in [0.3, 0.4) is 0 Å². The van der Waals surface area contributed by atoms with E-state index in [-0.39, 0.29) is 5.97 Å². The third kappa shape index (κ3) is 4.65. The zero-order valence-electron chi connectivity index (χ0n) is 10.00. The van der Waals surface area contributed by atoms with E-state index in [0.717, 1.165) is 25.4 Å². The SMILES string of the molecule is CCCN(CC(=O)OC)CC1CCCC1. The van der Waals surface area contributed by atoms with Crippen molar-refractivity contribution in [3.05, 3.63) is 0 Å². The van der Waals surface area contributed by atoms with Gasteiger partial charge in [-0.05, 0) is 31.7 Å². The van der Waals surface area contributed by atoms with Gasteiger partial charge >= 0.3 is 5.97 Å². The number of rotatable bonds is 6. The highest BCUT2D eigenvalue weighted by molar-refractivity contribution is 5.71. The van der Waals surface area contributed by atoms with Gasteiger partial charge in [0.1, 0.15) is 0 Å². The highest BCUT2D eigenvalue weighted by Crippen LogP contribution is 2.25. The Kier molecular flexibility index (Phi) is 5.69. The number of nitrogens with zero attached hydrogens (tertiary/aromatic N) is 1. The largest absolute Gasteiger partial charge is 0.468 e. The normalized spacial score (nSPS) is 17.3.